The first-order chi connectivity index (χ1) is 15.0. The molecule has 0 saturated carbocycles. The Morgan fingerprint density at radius 3 is 2.22 bits per heavy atom. The van der Waals surface area contributed by atoms with Crippen molar-refractivity contribution in [1.82, 2.24) is 14.7 Å². The van der Waals surface area contributed by atoms with Crippen molar-refractivity contribution in [1.29, 1.82) is 0 Å². The molecule has 0 amide bonds. The first kappa shape index (κ1) is 23.7. The van der Waals surface area contributed by atoms with Gasteiger partial charge in [-0.25, -0.2) is 23.1 Å². The Morgan fingerprint density at radius 2 is 1.56 bits per heavy atom. The molecule has 0 aliphatic carbocycles. The molecule has 0 unspecified atom stereocenters. The number of sulfonamides is 1. The lowest BCUT2D eigenvalue weighted by molar-refractivity contribution is 0.122. The Morgan fingerprint density at radius 1 is 0.906 bits per heavy atom. The van der Waals surface area contributed by atoms with Crippen LogP contribution >= 0.6 is 12.4 Å². The van der Waals surface area contributed by atoms with E-state index in [0.717, 1.165) is 37.7 Å². The number of halogens is 1. The topological polar surface area (TPSA) is 108 Å². The maximum absolute atomic E-state index is 12.0. The Bertz CT molecular complexity index is 1140. The number of aromatic nitrogens is 2. The lowest BCUT2D eigenvalue weighted by Gasteiger charge is -2.28. The molecule has 1 aromatic heterocycles. The summed E-state index contributed by atoms with van der Waals surface area (Å²) in [5, 5.41) is 6.38. The molecule has 1 fully saturated rings. The van der Waals surface area contributed by atoms with Crippen LogP contribution < -0.4 is 20.3 Å². The molecule has 11 heteroatoms. The smallest absolute Gasteiger partial charge is 0.240 e. The van der Waals surface area contributed by atoms with Crippen molar-refractivity contribution in [3.8, 4) is 0 Å². The van der Waals surface area contributed by atoms with Crippen LogP contribution in [0.4, 0.5) is 28.7 Å². The normalized spacial score (nSPS) is 13.8. The van der Waals surface area contributed by atoms with Gasteiger partial charge in [0.15, 0.2) is 0 Å². The standard InChI is InChI=1S/C21H24N6O3S.ClH/c1-22-31(28,29)19-4-2-3-17(13-19)26-21-14-20(23-15-24-21)25-16-5-7-18(8-6-16)27-9-11-30-12-10-27;/h2-8,13-15,22H,9-12H2,1H3,(H2,23,24,25,26);1H. The summed E-state index contributed by atoms with van der Waals surface area (Å²) >= 11 is 0. The molecule has 3 N–H and O–H groups in total. The number of nitrogens with zero attached hydrogens (tertiary/aromatic N) is 3. The predicted octanol–water partition coefficient (Wildman–Crippen LogP) is 3.13. The predicted molar refractivity (Wildman–Crippen MR) is 128 cm³/mol. The first-order valence-corrected chi connectivity index (χ1v) is 11.3. The summed E-state index contributed by atoms with van der Waals surface area (Å²) in [6.45, 7) is 3.29. The van der Waals surface area contributed by atoms with Crippen molar-refractivity contribution < 1.29 is 13.2 Å². The molecule has 2 heterocycles. The zero-order valence-electron chi connectivity index (χ0n) is 17.5. The van der Waals surface area contributed by atoms with Crippen LogP contribution in [-0.2, 0) is 14.8 Å². The fraction of sp³-hybridized carbons (Fsp3) is 0.238. The van der Waals surface area contributed by atoms with Crippen LogP contribution in [0.25, 0.3) is 0 Å². The third-order valence-corrected chi connectivity index (χ3v) is 6.28. The van der Waals surface area contributed by atoms with E-state index in [0.29, 0.717) is 17.3 Å². The molecule has 0 spiro atoms. The second-order valence-corrected chi connectivity index (χ2v) is 8.81. The highest BCUT2D eigenvalue weighted by atomic mass is 35.5. The number of anilines is 5. The van der Waals surface area contributed by atoms with Crippen LogP contribution in [0.2, 0.25) is 0 Å². The zero-order valence-corrected chi connectivity index (χ0v) is 19.1. The van der Waals surface area contributed by atoms with Gasteiger partial charge in [-0.05, 0) is 49.5 Å². The highest BCUT2D eigenvalue weighted by Crippen LogP contribution is 2.23. The lowest BCUT2D eigenvalue weighted by atomic mass is 10.2. The van der Waals surface area contributed by atoms with E-state index in [9.17, 15) is 8.42 Å². The second kappa shape index (κ2) is 10.6. The number of benzene rings is 2. The third kappa shape index (κ3) is 5.86. The van der Waals surface area contributed by atoms with Gasteiger partial charge < -0.3 is 20.3 Å². The number of hydrogen-bond donors (Lipinski definition) is 3. The van der Waals surface area contributed by atoms with E-state index < -0.39 is 10.0 Å². The van der Waals surface area contributed by atoms with Gasteiger partial charge in [-0.2, -0.15) is 0 Å². The van der Waals surface area contributed by atoms with Crippen LogP contribution in [0.3, 0.4) is 0 Å². The molecule has 170 valence electrons. The number of nitrogens with one attached hydrogen (secondary N) is 3. The molecule has 32 heavy (non-hydrogen) atoms. The van der Waals surface area contributed by atoms with Crippen LogP contribution in [0.1, 0.15) is 0 Å². The molecule has 1 aliphatic rings. The Balaban J connectivity index is 0.00000289. The summed E-state index contributed by atoms with van der Waals surface area (Å²) in [7, 11) is -2.14. The molecule has 0 radical (unpaired) electrons. The van der Waals surface area contributed by atoms with Gasteiger partial charge >= 0.3 is 0 Å². The van der Waals surface area contributed by atoms with E-state index in [-0.39, 0.29) is 17.3 Å². The molecular weight excluding hydrogens is 452 g/mol. The van der Waals surface area contributed by atoms with Gasteiger partial charge in [-0.15, -0.1) is 12.4 Å². The molecule has 0 bridgehead atoms. The molecule has 0 atom stereocenters. The van der Waals surface area contributed by atoms with Gasteiger partial charge in [0.25, 0.3) is 0 Å². The molecule has 2 aromatic carbocycles. The van der Waals surface area contributed by atoms with E-state index in [1.807, 2.05) is 12.1 Å². The van der Waals surface area contributed by atoms with Crippen molar-refractivity contribution in [3.05, 3.63) is 60.9 Å². The molecule has 9 nitrogen and oxygen atoms in total. The largest absolute Gasteiger partial charge is 0.378 e. The monoisotopic (exact) mass is 476 g/mol. The second-order valence-electron chi connectivity index (χ2n) is 6.92. The fourth-order valence-electron chi connectivity index (χ4n) is 3.23. The van der Waals surface area contributed by atoms with Gasteiger partial charge in [0.05, 0.1) is 18.1 Å². The van der Waals surface area contributed by atoms with Crippen molar-refractivity contribution in [2.45, 2.75) is 4.90 Å². The summed E-state index contributed by atoms with van der Waals surface area (Å²) in [6, 6.07) is 16.4. The average molecular weight is 477 g/mol. The SMILES string of the molecule is CNS(=O)(=O)c1cccc(Nc2cc(Nc3ccc(N4CCOCC4)cc3)ncn2)c1.Cl. The number of morpholine rings is 1. The summed E-state index contributed by atoms with van der Waals surface area (Å²) in [5.41, 5.74) is 2.68. The van der Waals surface area contributed by atoms with Gasteiger partial charge in [0.1, 0.15) is 18.0 Å². The number of ether oxygens (including phenoxy) is 1. The minimum Gasteiger partial charge on any atom is -0.378 e. The van der Waals surface area contributed by atoms with Gasteiger partial charge in [0.2, 0.25) is 10.0 Å². The Kier molecular flexibility index (Phi) is 7.86. The summed E-state index contributed by atoms with van der Waals surface area (Å²) in [4.78, 5) is 10.9. The Hall–Kier alpha value is -2.92. The van der Waals surface area contributed by atoms with Crippen molar-refractivity contribution in [2.24, 2.45) is 0 Å². The van der Waals surface area contributed by atoms with E-state index in [1.54, 1.807) is 24.3 Å². The maximum atomic E-state index is 12.0. The number of hydrogen-bond acceptors (Lipinski definition) is 8. The van der Waals surface area contributed by atoms with Crippen molar-refractivity contribution in [2.75, 3.05) is 48.9 Å². The lowest BCUT2D eigenvalue weighted by Crippen LogP contribution is -2.36. The maximum Gasteiger partial charge on any atom is 0.240 e. The molecule has 4 rings (SSSR count). The van der Waals surface area contributed by atoms with Crippen molar-refractivity contribution >= 4 is 51.1 Å². The van der Waals surface area contributed by atoms with Crippen LogP contribution in [0.5, 0.6) is 0 Å². The minimum absolute atomic E-state index is 0. The molecule has 1 saturated heterocycles. The number of rotatable bonds is 7. The van der Waals surface area contributed by atoms with Crippen LogP contribution in [0.15, 0.2) is 65.8 Å². The molecule has 1 aliphatic heterocycles. The zero-order chi connectivity index (χ0) is 21.7. The average Bonchev–Trinajstić information content (AvgIpc) is 2.81. The van der Waals surface area contributed by atoms with E-state index in [1.165, 1.54) is 19.4 Å². The highest BCUT2D eigenvalue weighted by molar-refractivity contribution is 7.89. The van der Waals surface area contributed by atoms with Gasteiger partial charge in [-0.3, -0.25) is 0 Å². The van der Waals surface area contributed by atoms with E-state index in [2.05, 4.69) is 42.4 Å². The van der Waals surface area contributed by atoms with Gasteiger partial charge in [0, 0.05) is 36.2 Å². The Labute approximate surface area is 193 Å². The van der Waals surface area contributed by atoms with E-state index in [4.69, 9.17) is 4.74 Å². The summed E-state index contributed by atoms with van der Waals surface area (Å²) in [5.74, 6) is 1.16. The van der Waals surface area contributed by atoms with E-state index >= 15 is 0 Å². The molecular formula is C21H25ClN6O3S. The summed E-state index contributed by atoms with van der Waals surface area (Å²) < 4.78 is 31.7. The first-order valence-electron chi connectivity index (χ1n) is 9.86. The van der Waals surface area contributed by atoms with Crippen molar-refractivity contribution in [3.63, 3.8) is 0 Å². The molecule has 3 aromatic rings. The van der Waals surface area contributed by atoms with Crippen LogP contribution in [0, 0.1) is 0 Å². The highest BCUT2D eigenvalue weighted by Gasteiger charge is 2.12. The minimum atomic E-state index is -3.52. The van der Waals surface area contributed by atoms with Crippen LogP contribution in [-0.4, -0.2) is 51.7 Å². The quantitative estimate of drug-likeness (QED) is 0.477. The third-order valence-electron chi connectivity index (χ3n) is 4.87. The van der Waals surface area contributed by atoms with Gasteiger partial charge in [-0.1, -0.05) is 6.07 Å². The summed E-state index contributed by atoms with van der Waals surface area (Å²) in [6.07, 6.45) is 1.45. The fourth-order valence-corrected chi connectivity index (χ4v) is 4.00.